The number of halogens is 3. The lowest BCUT2D eigenvalue weighted by Crippen LogP contribution is -2.38. The van der Waals surface area contributed by atoms with Crippen molar-refractivity contribution >= 4 is 52.6 Å². The number of carbonyl (C=O) groups is 2. The minimum Gasteiger partial charge on any atom is -0.478 e. The Hall–Kier alpha value is -3.04. The Labute approximate surface area is 173 Å². The first kappa shape index (κ1) is 19.3. The smallest absolute Gasteiger partial charge is 0.294 e. The quantitative estimate of drug-likeness (QED) is 0.590. The van der Waals surface area contributed by atoms with E-state index in [4.69, 9.17) is 33.3 Å². The summed E-state index contributed by atoms with van der Waals surface area (Å²) in [4.78, 5) is 25.5. The fourth-order valence-electron chi connectivity index (χ4n) is 2.94. The lowest BCUT2D eigenvalue weighted by molar-refractivity contribution is -0.121. The molecule has 0 aromatic heterocycles. The Kier molecular flexibility index (Phi) is 4.93. The van der Waals surface area contributed by atoms with E-state index in [2.05, 4.69) is 5.32 Å². The molecule has 2 aliphatic heterocycles. The zero-order valence-electron chi connectivity index (χ0n) is 14.5. The van der Waals surface area contributed by atoms with Crippen LogP contribution in [0.4, 0.5) is 14.5 Å². The van der Waals surface area contributed by atoms with Gasteiger partial charge in [0.1, 0.15) is 5.82 Å². The molecule has 0 aliphatic carbocycles. The van der Waals surface area contributed by atoms with Crippen LogP contribution in [0.25, 0.3) is 6.08 Å². The van der Waals surface area contributed by atoms with Gasteiger partial charge < -0.3 is 14.4 Å². The van der Waals surface area contributed by atoms with E-state index >= 15 is 0 Å². The number of nitrogens with zero attached hydrogens (tertiary/aromatic N) is 1. The van der Waals surface area contributed by atoms with E-state index in [1.165, 1.54) is 35.2 Å². The van der Waals surface area contributed by atoms with Gasteiger partial charge in [0.25, 0.3) is 17.0 Å². The number of rotatable bonds is 3. The standard InChI is InChI=1S/C19H11ClF2N2O4S/c20-11-3-9(1-2-12(11)21)7-24-14-5-10(6-15-18(26)23-19(29)28-15)4-13(22)17(14)27-8-16(24)25/h1-6H,7-8H2,(H,23,26,29). The highest BCUT2D eigenvalue weighted by Gasteiger charge is 2.30. The number of ether oxygens (including phenoxy) is 2. The van der Waals surface area contributed by atoms with Crippen molar-refractivity contribution in [2.24, 2.45) is 0 Å². The van der Waals surface area contributed by atoms with Crippen molar-refractivity contribution in [1.29, 1.82) is 0 Å². The van der Waals surface area contributed by atoms with E-state index < -0.39 is 23.4 Å². The number of nitrogens with one attached hydrogen (secondary N) is 1. The fourth-order valence-corrected chi connectivity index (χ4v) is 3.32. The number of carbonyl (C=O) groups excluding carboxylic acids is 2. The monoisotopic (exact) mass is 436 g/mol. The summed E-state index contributed by atoms with van der Waals surface area (Å²) in [6.45, 7) is -0.325. The molecule has 148 valence electrons. The number of hydrogen-bond acceptors (Lipinski definition) is 5. The molecular formula is C19H11ClF2N2O4S. The van der Waals surface area contributed by atoms with E-state index in [-0.39, 0.29) is 46.1 Å². The van der Waals surface area contributed by atoms with Gasteiger partial charge in [0.2, 0.25) is 0 Å². The summed E-state index contributed by atoms with van der Waals surface area (Å²) in [6, 6.07) is 6.67. The third kappa shape index (κ3) is 3.79. The molecule has 0 radical (unpaired) electrons. The Balaban J connectivity index is 1.73. The summed E-state index contributed by atoms with van der Waals surface area (Å²) < 4.78 is 38.3. The molecule has 0 spiro atoms. The van der Waals surface area contributed by atoms with E-state index in [0.29, 0.717) is 5.56 Å². The average Bonchev–Trinajstić information content (AvgIpc) is 2.97. The number of hydrogen-bond donors (Lipinski definition) is 1. The molecule has 1 N–H and O–H groups in total. The van der Waals surface area contributed by atoms with Gasteiger partial charge in [0.05, 0.1) is 17.3 Å². The van der Waals surface area contributed by atoms with E-state index in [0.717, 1.165) is 6.07 Å². The molecule has 2 aromatic carbocycles. The van der Waals surface area contributed by atoms with Crippen LogP contribution in [0.2, 0.25) is 5.02 Å². The van der Waals surface area contributed by atoms with Crippen LogP contribution in [0, 0.1) is 11.6 Å². The van der Waals surface area contributed by atoms with Crippen LogP contribution in [0.3, 0.4) is 0 Å². The van der Waals surface area contributed by atoms with Gasteiger partial charge >= 0.3 is 0 Å². The second-order valence-electron chi connectivity index (χ2n) is 6.22. The molecule has 0 unspecified atom stereocenters. The third-order valence-corrected chi connectivity index (χ3v) is 4.72. The molecule has 0 saturated carbocycles. The molecule has 4 rings (SSSR count). The van der Waals surface area contributed by atoms with E-state index in [1.807, 2.05) is 0 Å². The number of amides is 2. The lowest BCUT2D eigenvalue weighted by atomic mass is 10.1. The summed E-state index contributed by atoms with van der Waals surface area (Å²) in [5.41, 5.74) is 0.969. The molecule has 0 bridgehead atoms. The van der Waals surface area contributed by atoms with Crippen molar-refractivity contribution < 1.29 is 27.8 Å². The maximum atomic E-state index is 14.6. The summed E-state index contributed by atoms with van der Waals surface area (Å²) in [5, 5.41) is 2.11. The Bertz CT molecular complexity index is 1110. The molecule has 2 aromatic rings. The minimum absolute atomic E-state index is 0.0235. The molecule has 10 heteroatoms. The van der Waals surface area contributed by atoms with Crippen LogP contribution in [-0.2, 0) is 20.9 Å². The van der Waals surface area contributed by atoms with Crippen LogP contribution < -0.4 is 15.0 Å². The van der Waals surface area contributed by atoms with E-state index in [9.17, 15) is 18.4 Å². The second-order valence-corrected chi connectivity index (χ2v) is 7.00. The van der Waals surface area contributed by atoms with Crippen molar-refractivity contribution in [2.45, 2.75) is 6.54 Å². The summed E-state index contributed by atoms with van der Waals surface area (Å²) >= 11 is 10.6. The van der Waals surface area contributed by atoms with E-state index in [1.54, 1.807) is 0 Å². The molecule has 2 heterocycles. The Morgan fingerprint density at radius 1 is 1.21 bits per heavy atom. The van der Waals surface area contributed by atoms with Gasteiger partial charge in [-0.25, -0.2) is 8.78 Å². The summed E-state index contributed by atoms with van der Waals surface area (Å²) in [7, 11) is 0. The maximum Gasteiger partial charge on any atom is 0.294 e. The Morgan fingerprint density at radius 2 is 2.00 bits per heavy atom. The molecule has 1 fully saturated rings. The first-order valence-electron chi connectivity index (χ1n) is 8.27. The van der Waals surface area contributed by atoms with Crippen LogP contribution >= 0.6 is 23.8 Å². The average molecular weight is 437 g/mol. The number of fused-ring (bicyclic) bond motifs is 1. The van der Waals surface area contributed by atoms with Crippen molar-refractivity contribution in [1.82, 2.24) is 5.32 Å². The predicted molar refractivity (Wildman–Crippen MR) is 104 cm³/mol. The highest BCUT2D eigenvalue weighted by molar-refractivity contribution is 7.80. The largest absolute Gasteiger partial charge is 0.478 e. The van der Waals surface area contributed by atoms with Gasteiger partial charge in [-0.05, 0) is 53.7 Å². The first-order valence-corrected chi connectivity index (χ1v) is 9.06. The normalized spacial score (nSPS) is 17.1. The molecular weight excluding hydrogens is 426 g/mol. The summed E-state index contributed by atoms with van der Waals surface area (Å²) in [6.07, 6.45) is 1.30. The zero-order valence-corrected chi connectivity index (χ0v) is 16.1. The first-order chi connectivity index (χ1) is 13.8. The SMILES string of the molecule is O=C1NC(=S)OC1=Cc1cc(F)c2c(c1)N(Cc1ccc(F)c(Cl)c1)C(=O)CO2. The maximum absolute atomic E-state index is 14.6. The summed E-state index contributed by atoms with van der Waals surface area (Å²) in [5.74, 6) is -2.49. The molecule has 2 aliphatic rings. The van der Waals surface area contributed by atoms with Crippen LogP contribution in [0.1, 0.15) is 11.1 Å². The number of thiocarbonyl (C=S) groups is 1. The highest BCUT2D eigenvalue weighted by atomic mass is 35.5. The van der Waals surface area contributed by atoms with Gasteiger partial charge in [-0.3, -0.25) is 14.9 Å². The number of anilines is 1. The van der Waals surface area contributed by atoms with Gasteiger partial charge in [-0.1, -0.05) is 17.7 Å². The van der Waals surface area contributed by atoms with Gasteiger partial charge in [-0.15, -0.1) is 0 Å². The van der Waals surface area contributed by atoms with Gasteiger partial charge in [0.15, 0.2) is 23.9 Å². The van der Waals surface area contributed by atoms with Gasteiger partial charge in [0, 0.05) is 0 Å². The molecule has 1 saturated heterocycles. The molecule has 29 heavy (non-hydrogen) atoms. The van der Waals surface area contributed by atoms with Crippen molar-refractivity contribution in [3.05, 3.63) is 63.9 Å². The third-order valence-electron chi connectivity index (χ3n) is 4.24. The lowest BCUT2D eigenvalue weighted by Gasteiger charge is -2.30. The van der Waals surface area contributed by atoms with Crippen molar-refractivity contribution in [3.8, 4) is 5.75 Å². The molecule has 6 nitrogen and oxygen atoms in total. The van der Waals surface area contributed by atoms with Crippen LogP contribution in [0.5, 0.6) is 5.75 Å². The second kappa shape index (κ2) is 7.41. The minimum atomic E-state index is -0.718. The topological polar surface area (TPSA) is 67.9 Å². The highest BCUT2D eigenvalue weighted by Crippen LogP contribution is 2.37. The van der Waals surface area contributed by atoms with Crippen LogP contribution in [0.15, 0.2) is 36.1 Å². The molecule has 2 amide bonds. The van der Waals surface area contributed by atoms with Gasteiger partial charge in [-0.2, -0.15) is 0 Å². The van der Waals surface area contributed by atoms with Crippen molar-refractivity contribution in [3.63, 3.8) is 0 Å². The number of benzene rings is 2. The Morgan fingerprint density at radius 3 is 2.69 bits per heavy atom. The van der Waals surface area contributed by atoms with Crippen LogP contribution in [-0.4, -0.2) is 23.6 Å². The van der Waals surface area contributed by atoms with Crippen molar-refractivity contribution in [2.75, 3.05) is 11.5 Å². The zero-order chi connectivity index (χ0) is 20.7. The predicted octanol–water partition coefficient (Wildman–Crippen LogP) is 3.32. The molecule has 0 atom stereocenters. The fraction of sp³-hybridized carbons (Fsp3) is 0.105.